The molecule has 1 aliphatic heterocycles. The minimum atomic E-state index is -0.758. The molecule has 34 heavy (non-hydrogen) atoms. The van der Waals surface area contributed by atoms with E-state index in [4.69, 9.17) is 9.47 Å². The van der Waals surface area contributed by atoms with E-state index in [0.29, 0.717) is 34.8 Å². The van der Waals surface area contributed by atoms with Crippen LogP contribution in [0.1, 0.15) is 24.3 Å². The summed E-state index contributed by atoms with van der Waals surface area (Å²) in [5.41, 5.74) is 3.74. The fourth-order valence-corrected chi connectivity index (χ4v) is 4.15. The minimum absolute atomic E-state index is 0.168. The molecule has 1 atom stereocenters. The van der Waals surface area contributed by atoms with Gasteiger partial charge in [0.25, 0.3) is 0 Å². The van der Waals surface area contributed by atoms with E-state index >= 15 is 0 Å². The van der Waals surface area contributed by atoms with Crippen molar-refractivity contribution < 1.29 is 14.3 Å². The zero-order chi connectivity index (χ0) is 23.5. The molecular weight excluding hydrogens is 448 g/mol. The Balaban J connectivity index is 1.57. The lowest BCUT2D eigenvalue weighted by molar-refractivity contribution is -0.118. The van der Waals surface area contributed by atoms with Crippen LogP contribution < -0.4 is 14.4 Å². The first-order chi connectivity index (χ1) is 16.6. The third kappa shape index (κ3) is 4.32. The number of carbonyl (C=O) groups is 1. The lowest BCUT2D eigenvalue weighted by Crippen LogP contribution is -2.36. The van der Waals surface area contributed by atoms with Gasteiger partial charge < -0.3 is 9.47 Å². The number of hydrogen-bond donors (Lipinski definition) is 0. The van der Waals surface area contributed by atoms with Gasteiger partial charge in [0.15, 0.2) is 5.69 Å². The zero-order valence-electron chi connectivity index (χ0n) is 18.7. The largest absolute Gasteiger partial charge is 0.489 e. The highest BCUT2D eigenvalue weighted by molar-refractivity contribution is 7.98. The number of para-hydroxylation sites is 1. The SMILES string of the molecule is CSc1nnc2c(n1)O[C@@H](c1cccc(OCc3ccccc3)c1)N(C(C)=O)c1ccccc1-2. The molecule has 4 aromatic rings. The number of fused-ring (bicyclic) bond motifs is 3. The molecular formula is C26H22N4O3S. The first kappa shape index (κ1) is 21.9. The quantitative estimate of drug-likeness (QED) is 0.367. The van der Waals surface area contributed by atoms with Gasteiger partial charge in [0.1, 0.15) is 12.4 Å². The predicted molar refractivity (Wildman–Crippen MR) is 131 cm³/mol. The van der Waals surface area contributed by atoms with Crippen molar-refractivity contribution in [2.45, 2.75) is 24.9 Å². The Morgan fingerprint density at radius 2 is 1.82 bits per heavy atom. The molecule has 0 spiro atoms. The van der Waals surface area contributed by atoms with Crippen molar-refractivity contribution in [3.63, 3.8) is 0 Å². The van der Waals surface area contributed by atoms with Crippen LogP contribution in [0, 0.1) is 0 Å². The number of thioether (sulfide) groups is 1. The second kappa shape index (κ2) is 9.52. The Kier molecular flexibility index (Phi) is 6.14. The smallest absolute Gasteiger partial charge is 0.247 e. The molecule has 0 fully saturated rings. The van der Waals surface area contributed by atoms with Crippen molar-refractivity contribution in [2.75, 3.05) is 11.2 Å². The molecule has 0 aliphatic carbocycles. The van der Waals surface area contributed by atoms with Crippen LogP contribution in [0.2, 0.25) is 0 Å². The van der Waals surface area contributed by atoms with E-state index in [9.17, 15) is 4.79 Å². The van der Waals surface area contributed by atoms with Crippen molar-refractivity contribution in [1.29, 1.82) is 0 Å². The van der Waals surface area contributed by atoms with Gasteiger partial charge >= 0.3 is 0 Å². The van der Waals surface area contributed by atoms with Crippen molar-refractivity contribution in [2.24, 2.45) is 0 Å². The number of benzene rings is 3. The Hall–Kier alpha value is -3.91. The van der Waals surface area contributed by atoms with Crippen molar-refractivity contribution in [3.8, 4) is 22.9 Å². The molecule has 5 rings (SSSR count). The number of rotatable bonds is 5. The van der Waals surface area contributed by atoms with Crippen molar-refractivity contribution in [1.82, 2.24) is 15.2 Å². The van der Waals surface area contributed by atoms with E-state index < -0.39 is 6.23 Å². The van der Waals surface area contributed by atoms with Gasteiger partial charge in [-0.05, 0) is 30.0 Å². The average molecular weight is 471 g/mol. The Morgan fingerprint density at radius 3 is 2.62 bits per heavy atom. The summed E-state index contributed by atoms with van der Waals surface area (Å²) in [6.45, 7) is 1.96. The van der Waals surface area contributed by atoms with Gasteiger partial charge in [-0.2, -0.15) is 4.98 Å². The van der Waals surface area contributed by atoms with Gasteiger partial charge in [-0.3, -0.25) is 9.69 Å². The molecule has 0 saturated heterocycles. The predicted octanol–water partition coefficient (Wildman–Crippen LogP) is 5.28. The molecule has 0 bridgehead atoms. The van der Waals surface area contributed by atoms with Gasteiger partial charge in [-0.15, -0.1) is 10.2 Å². The highest BCUT2D eigenvalue weighted by atomic mass is 32.2. The van der Waals surface area contributed by atoms with Crippen LogP contribution in [0.5, 0.6) is 11.6 Å². The molecule has 7 nitrogen and oxygen atoms in total. The highest BCUT2D eigenvalue weighted by Gasteiger charge is 2.34. The molecule has 0 radical (unpaired) electrons. The van der Waals surface area contributed by atoms with Gasteiger partial charge in [0, 0.05) is 18.1 Å². The van der Waals surface area contributed by atoms with Gasteiger partial charge in [-0.1, -0.05) is 72.4 Å². The maximum absolute atomic E-state index is 12.9. The van der Waals surface area contributed by atoms with Crippen LogP contribution in [0.3, 0.4) is 0 Å². The summed E-state index contributed by atoms with van der Waals surface area (Å²) in [5, 5.41) is 9.05. The number of anilines is 1. The third-order valence-electron chi connectivity index (χ3n) is 5.43. The fraction of sp³-hybridized carbons (Fsp3) is 0.154. The van der Waals surface area contributed by atoms with Crippen LogP contribution in [0.15, 0.2) is 84.0 Å². The van der Waals surface area contributed by atoms with Crippen LogP contribution in [0.4, 0.5) is 5.69 Å². The number of amides is 1. The number of aromatic nitrogens is 3. The summed E-state index contributed by atoms with van der Waals surface area (Å²) in [6, 6.07) is 25.1. The maximum atomic E-state index is 12.9. The van der Waals surface area contributed by atoms with E-state index in [1.807, 2.05) is 85.1 Å². The van der Waals surface area contributed by atoms with Gasteiger partial charge in [-0.25, -0.2) is 0 Å². The fourth-order valence-electron chi connectivity index (χ4n) is 3.85. The summed E-state index contributed by atoms with van der Waals surface area (Å²) < 4.78 is 12.4. The molecule has 8 heteroatoms. The minimum Gasteiger partial charge on any atom is -0.489 e. The maximum Gasteiger partial charge on any atom is 0.247 e. The van der Waals surface area contributed by atoms with E-state index in [-0.39, 0.29) is 5.91 Å². The highest BCUT2D eigenvalue weighted by Crippen LogP contribution is 2.43. The van der Waals surface area contributed by atoms with E-state index in [1.165, 1.54) is 18.7 Å². The van der Waals surface area contributed by atoms with E-state index in [2.05, 4.69) is 15.2 Å². The van der Waals surface area contributed by atoms with Crippen LogP contribution in [-0.4, -0.2) is 27.3 Å². The number of nitrogens with zero attached hydrogens (tertiary/aromatic N) is 4. The molecule has 1 aromatic heterocycles. The average Bonchev–Trinajstić information content (AvgIpc) is 3.02. The summed E-state index contributed by atoms with van der Waals surface area (Å²) in [6.07, 6.45) is 1.12. The topological polar surface area (TPSA) is 77.4 Å². The number of carbonyl (C=O) groups excluding carboxylic acids is 1. The lowest BCUT2D eigenvalue weighted by atomic mass is 10.1. The first-order valence-corrected chi connectivity index (χ1v) is 12.0. The summed E-state index contributed by atoms with van der Waals surface area (Å²) in [5.74, 6) is 0.840. The molecule has 0 saturated carbocycles. The zero-order valence-corrected chi connectivity index (χ0v) is 19.5. The Labute approximate surface area is 201 Å². The van der Waals surface area contributed by atoms with E-state index in [1.54, 1.807) is 4.90 Å². The molecule has 0 unspecified atom stereocenters. The Bertz CT molecular complexity index is 1330. The number of ether oxygens (including phenoxy) is 2. The molecule has 3 aromatic carbocycles. The molecule has 1 aliphatic rings. The third-order valence-corrected chi connectivity index (χ3v) is 5.96. The molecule has 2 heterocycles. The Morgan fingerprint density at radius 1 is 1.03 bits per heavy atom. The summed E-state index contributed by atoms with van der Waals surface area (Å²) >= 11 is 1.38. The second-order valence-corrected chi connectivity index (χ2v) is 8.45. The summed E-state index contributed by atoms with van der Waals surface area (Å²) in [7, 11) is 0. The van der Waals surface area contributed by atoms with E-state index in [0.717, 1.165) is 16.7 Å². The van der Waals surface area contributed by atoms with Crippen molar-refractivity contribution in [3.05, 3.63) is 90.0 Å². The van der Waals surface area contributed by atoms with Gasteiger partial charge in [0.05, 0.1) is 5.69 Å². The lowest BCUT2D eigenvalue weighted by Gasteiger charge is -2.30. The van der Waals surface area contributed by atoms with Crippen LogP contribution in [0.25, 0.3) is 11.3 Å². The normalized spacial score (nSPS) is 14.4. The first-order valence-electron chi connectivity index (χ1n) is 10.8. The van der Waals surface area contributed by atoms with Gasteiger partial charge in [0.2, 0.25) is 23.2 Å². The van der Waals surface area contributed by atoms with Crippen LogP contribution >= 0.6 is 11.8 Å². The standard InChI is InChI=1S/C26H22N4O3S/c1-17(31)30-22-14-7-6-13-21(22)23-24(27-26(34-2)29-28-23)33-25(30)19-11-8-12-20(15-19)32-16-18-9-4-3-5-10-18/h3-15,25H,16H2,1-2H3/t25-/m0/s1. The monoisotopic (exact) mass is 470 g/mol. The number of hydrogen-bond acceptors (Lipinski definition) is 7. The molecule has 170 valence electrons. The summed E-state index contributed by atoms with van der Waals surface area (Å²) in [4.78, 5) is 19.1. The van der Waals surface area contributed by atoms with Crippen molar-refractivity contribution >= 4 is 23.4 Å². The molecule has 1 amide bonds. The molecule has 0 N–H and O–H groups in total. The van der Waals surface area contributed by atoms with Crippen LogP contribution in [-0.2, 0) is 11.4 Å². The second-order valence-electron chi connectivity index (χ2n) is 7.68.